The van der Waals surface area contributed by atoms with E-state index in [1.165, 1.54) is 12.4 Å². The molecule has 8 nitrogen and oxygen atoms in total. The van der Waals surface area contributed by atoms with Crippen molar-refractivity contribution < 1.29 is 14.7 Å². The molecule has 4 rings (SSSR count). The summed E-state index contributed by atoms with van der Waals surface area (Å²) >= 11 is 0. The first-order valence-corrected chi connectivity index (χ1v) is 9.63. The predicted octanol–water partition coefficient (Wildman–Crippen LogP) is 1.08. The minimum absolute atomic E-state index is 0.0184. The molecule has 3 N–H and O–H groups in total. The van der Waals surface area contributed by atoms with Crippen LogP contribution in [0.25, 0.3) is 11.5 Å². The Kier molecular flexibility index (Phi) is 5.29. The minimum atomic E-state index is -0.749. The molecule has 2 aromatic heterocycles. The van der Waals surface area contributed by atoms with Crippen LogP contribution in [-0.2, 0) is 4.79 Å². The number of carbonyl (C=O) groups is 2. The summed E-state index contributed by atoms with van der Waals surface area (Å²) in [6, 6.07) is 5.38. The van der Waals surface area contributed by atoms with Crippen molar-refractivity contribution in [2.24, 2.45) is 5.92 Å². The molecule has 2 saturated carbocycles. The Hall–Kier alpha value is -2.87. The van der Waals surface area contributed by atoms with E-state index in [1.807, 2.05) is 6.07 Å². The first-order chi connectivity index (χ1) is 13.6. The summed E-state index contributed by atoms with van der Waals surface area (Å²) in [5.41, 5.74) is 0.952. The third-order valence-corrected chi connectivity index (χ3v) is 5.24. The molecule has 2 heterocycles. The standard InChI is InChI=1S/C20H23N5O3/c26-17-9-12(19(27)24-14-5-6-14)4-7-15(17)25-20(28)13-10-22-18(23-11-13)16-3-1-2-8-21-16/h1-3,8,10-12,14-15,17,26H,4-7,9H2,(H,24,27)(H,25,28)/t12-,15+,17+/m0/s1. The lowest BCUT2D eigenvalue weighted by atomic mass is 9.83. The van der Waals surface area contributed by atoms with Gasteiger partial charge in [-0.2, -0.15) is 0 Å². The van der Waals surface area contributed by atoms with Gasteiger partial charge in [-0.15, -0.1) is 0 Å². The van der Waals surface area contributed by atoms with Gasteiger partial charge in [-0.3, -0.25) is 14.6 Å². The zero-order valence-electron chi connectivity index (χ0n) is 15.4. The molecule has 2 amide bonds. The molecule has 0 radical (unpaired) electrons. The normalized spacial score (nSPS) is 24.4. The van der Waals surface area contributed by atoms with E-state index < -0.39 is 6.10 Å². The van der Waals surface area contributed by atoms with E-state index in [2.05, 4.69) is 25.6 Å². The number of hydrogen-bond acceptors (Lipinski definition) is 6. The number of nitrogens with one attached hydrogen (secondary N) is 2. The van der Waals surface area contributed by atoms with Crippen LogP contribution in [-0.4, -0.2) is 50.1 Å². The van der Waals surface area contributed by atoms with Gasteiger partial charge in [0.05, 0.1) is 17.7 Å². The zero-order chi connectivity index (χ0) is 19.5. The maximum absolute atomic E-state index is 12.5. The highest BCUT2D eigenvalue weighted by atomic mass is 16.3. The van der Waals surface area contributed by atoms with Crippen molar-refractivity contribution >= 4 is 11.8 Å². The van der Waals surface area contributed by atoms with Crippen LogP contribution in [0.15, 0.2) is 36.8 Å². The second-order valence-electron chi connectivity index (χ2n) is 7.45. The maximum atomic E-state index is 12.5. The fourth-order valence-corrected chi connectivity index (χ4v) is 3.42. The lowest BCUT2D eigenvalue weighted by Crippen LogP contribution is -2.49. The van der Waals surface area contributed by atoms with Crippen LogP contribution in [0.4, 0.5) is 0 Å². The average Bonchev–Trinajstić information content (AvgIpc) is 3.54. The van der Waals surface area contributed by atoms with Crippen molar-refractivity contribution in [3.8, 4) is 11.5 Å². The molecule has 0 unspecified atom stereocenters. The Labute approximate surface area is 162 Å². The smallest absolute Gasteiger partial charge is 0.254 e. The van der Waals surface area contributed by atoms with Gasteiger partial charge < -0.3 is 15.7 Å². The minimum Gasteiger partial charge on any atom is -0.391 e. The zero-order valence-corrected chi connectivity index (χ0v) is 15.4. The van der Waals surface area contributed by atoms with E-state index in [0.717, 1.165) is 12.8 Å². The van der Waals surface area contributed by atoms with E-state index in [9.17, 15) is 14.7 Å². The highest BCUT2D eigenvalue weighted by Crippen LogP contribution is 2.27. The van der Waals surface area contributed by atoms with E-state index in [0.29, 0.717) is 42.4 Å². The Morgan fingerprint density at radius 3 is 2.43 bits per heavy atom. The highest BCUT2D eigenvalue weighted by Gasteiger charge is 2.35. The number of amides is 2. The Morgan fingerprint density at radius 2 is 1.79 bits per heavy atom. The van der Waals surface area contributed by atoms with Gasteiger partial charge in [-0.05, 0) is 44.2 Å². The van der Waals surface area contributed by atoms with E-state index in [-0.39, 0.29) is 23.8 Å². The summed E-state index contributed by atoms with van der Waals surface area (Å²) in [6.45, 7) is 0. The van der Waals surface area contributed by atoms with Crippen molar-refractivity contribution in [3.05, 3.63) is 42.4 Å². The summed E-state index contributed by atoms with van der Waals surface area (Å²) in [7, 11) is 0. The first kappa shape index (κ1) is 18.5. The van der Waals surface area contributed by atoms with Crippen molar-refractivity contribution in [1.82, 2.24) is 25.6 Å². The summed E-state index contributed by atoms with van der Waals surface area (Å²) in [4.78, 5) is 37.2. The third kappa shape index (κ3) is 4.33. The number of carbonyl (C=O) groups excluding carboxylic acids is 2. The predicted molar refractivity (Wildman–Crippen MR) is 101 cm³/mol. The van der Waals surface area contributed by atoms with Gasteiger partial charge in [-0.1, -0.05) is 6.07 Å². The van der Waals surface area contributed by atoms with Crippen LogP contribution in [0.1, 0.15) is 42.5 Å². The monoisotopic (exact) mass is 381 g/mol. The largest absolute Gasteiger partial charge is 0.391 e. The van der Waals surface area contributed by atoms with Gasteiger partial charge in [0, 0.05) is 30.6 Å². The van der Waals surface area contributed by atoms with E-state index in [4.69, 9.17) is 0 Å². The fraction of sp³-hybridized carbons (Fsp3) is 0.450. The molecular weight excluding hydrogens is 358 g/mol. The molecule has 2 fully saturated rings. The Bertz CT molecular complexity index is 839. The van der Waals surface area contributed by atoms with Gasteiger partial charge >= 0.3 is 0 Å². The topological polar surface area (TPSA) is 117 Å². The highest BCUT2D eigenvalue weighted by molar-refractivity contribution is 5.94. The summed E-state index contributed by atoms with van der Waals surface area (Å²) in [6.07, 6.45) is 7.46. The molecule has 2 aliphatic carbocycles. The molecule has 0 aromatic carbocycles. The van der Waals surface area contributed by atoms with Crippen LogP contribution >= 0.6 is 0 Å². The van der Waals surface area contributed by atoms with Gasteiger partial charge in [0.2, 0.25) is 5.91 Å². The van der Waals surface area contributed by atoms with E-state index in [1.54, 1.807) is 18.3 Å². The molecule has 3 atom stereocenters. The molecular formula is C20H23N5O3. The SMILES string of the molecule is O=C(N[C@@H]1CC[C@H](C(=O)NC2CC2)C[C@H]1O)c1cnc(-c2ccccn2)nc1. The molecule has 0 aliphatic heterocycles. The Balaban J connectivity index is 1.32. The fourth-order valence-electron chi connectivity index (χ4n) is 3.42. The molecule has 28 heavy (non-hydrogen) atoms. The Morgan fingerprint density at radius 1 is 1.00 bits per heavy atom. The summed E-state index contributed by atoms with van der Waals surface area (Å²) in [5, 5.41) is 16.2. The lowest BCUT2D eigenvalue weighted by molar-refractivity contribution is -0.127. The van der Waals surface area contributed by atoms with Gasteiger partial charge in [0.25, 0.3) is 5.91 Å². The van der Waals surface area contributed by atoms with Crippen molar-refractivity contribution in [2.45, 2.75) is 50.3 Å². The van der Waals surface area contributed by atoms with Crippen molar-refractivity contribution in [1.29, 1.82) is 0 Å². The van der Waals surface area contributed by atoms with Gasteiger partial charge in [0.1, 0.15) is 5.69 Å². The molecule has 0 saturated heterocycles. The number of aliphatic hydroxyl groups is 1. The number of aliphatic hydroxyl groups excluding tert-OH is 1. The molecule has 8 heteroatoms. The summed E-state index contributed by atoms with van der Waals surface area (Å²) < 4.78 is 0. The van der Waals surface area contributed by atoms with Crippen LogP contribution in [0, 0.1) is 5.92 Å². The second kappa shape index (κ2) is 8.02. The molecule has 0 spiro atoms. The van der Waals surface area contributed by atoms with Crippen molar-refractivity contribution in [2.75, 3.05) is 0 Å². The average molecular weight is 381 g/mol. The number of nitrogens with zero attached hydrogens (tertiary/aromatic N) is 3. The molecule has 0 bridgehead atoms. The summed E-state index contributed by atoms with van der Waals surface area (Å²) in [5.74, 6) is -0.0635. The van der Waals surface area contributed by atoms with Gasteiger partial charge in [0.15, 0.2) is 5.82 Å². The van der Waals surface area contributed by atoms with Crippen LogP contribution < -0.4 is 10.6 Å². The lowest BCUT2D eigenvalue weighted by Gasteiger charge is -2.33. The van der Waals surface area contributed by atoms with Crippen LogP contribution in [0.5, 0.6) is 0 Å². The molecule has 2 aromatic rings. The number of rotatable bonds is 5. The molecule has 146 valence electrons. The van der Waals surface area contributed by atoms with Crippen LogP contribution in [0.3, 0.4) is 0 Å². The maximum Gasteiger partial charge on any atom is 0.254 e. The third-order valence-electron chi connectivity index (χ3n) is 5.24. The van der Waals surface area contributed by atoms with Gasteiger partial charge in [-0.25, -0.2) is 9.97 Å². The second-order valence-corrected chi connectivity index (χ2v) is 7.45. The molecule has 2 aliphatic rings. The quantitative estimate of drug-likeness (QED) is 0.713. The van der Waals surface area contributed by atoms with Crippen LogP contribution in [0.2, 0.25) is 0 Å². The number of aromatic nitrogens is 3. The van der Waals surface area contributed by atoms with Crippen molar-refractivity contribution in [3.63, 3.8) is 0 Å². The number of pyridine rings is 1. The van der Waals surface area contributed by atoms with E-state index >= 15 is 0 Å². The number of hydrogen-bond donors (Lipinski definition) is 3. The first-order valence-electron chi connectivity index (χ1n) is 9.63.